The molecule has 0 aromatic heterocycles. The number of benzene rings is 1. The van der Waals surface area contributed by atoms with Gasteiger partial charge in [0, 0.05) is 36.7 Å². The number of hydrogen-bond donors (Lipinski definition) is 1. The van der Waals surface area contributed by atoms with E-state index in [1.807, 2.05) is 24.3 Å². The van der Waals surface area contributed by atoms with E-state index in [0.717, 1.165) is 48.9 Å². The Kier molecular flexibility index (Phi) is 6.33. The molecule has 2 unspecified atom stereocenters. The Morgan fingerprint density at radius 1 is 1.50 bits per heavy atom. The van der Waals surface area contributed by atoms with Gasteiger partial charge in [-0.2, -0.15) is 0 Å². The van der Waals surface area contributed by atoms with Crippen LogP contribution in [0.5, 0.6) is 5.75 Å². The molecule has 1 aromatic carbocycles. The summed E-state index contributed by atoms with van der Waals surface area (Å²) in [7, 11) is 0. The summed E-state index contributed by atoms with van der Waals surface area (Å²) in [6.07, 6.45) is 1.23. The van der Waals surface area contributed by atoms with Crippen LogP contribution in [-0.2, 0) is 0 Å². The monoisotopic (exact) mass is 340 g/mol. The van der Waals surface area contributed by atoms with Crippen LogP contribution in [0, 0.1) is 5.92 Å². The predicted molar refractivity (Wildman–Crippen MR) is 87.3 cm³/mol. The van der Waals surface area contributed by atoms with Crippen molar-refractivity contribution >= 4 is 15.9 Å². The minimum absolute atomic E-state index is 0.639. The maximum atomic E-state index is 5.86. The number of piperazine rings is 1. The predicted octanol–water partition coefficient (Wildman–Crippen LogP) is 3.15. The zero-order valence-corrected chi connectivity index (χ0v) is 14.0. The first-order valence-electron chi connectivity index (χ1n) is 7.54. The maximum absolute atomic E-state index is 5.86. The SMILES string of the molecule is CCC(C)C1CNCCN1CCOc1cccc(Br)c1. The van der Waals surface area contributed by atoms with Crippen molar-refractivity contribution in [2.45, 2.75) is 26.3 Å². The van der Waals surface area contributed by atoms with Crippen LogP contribution in [0.4, 0.5) is 0 Å². The van der Waals surface area contributed by atoms with Gasteiger partial charge in [0.15, 0.2) is 0 Å². The van der Waals surface area contributed by atoms with E-state index in [1.54, 1.807) is 0 Å². The third kappa shape index (κ3) is 4.47. The van der Waals surface area contributed by atoms with E-state index in [-0.39, 0.29) is 0 Å². The molecule has 1 aromatic rings. The molecule has 2 atom stereocenters. The van der Waals surface area contributed by atoms with Crippen molar-refractivity contribution in [1.29, 1.82) is 0 Å². The van der Waals surface area contributed by atoms with Gasteiger partial charge in [0.05, 0.1) is 0 Å². The van der Waals surface area contributed by atoms with Crippen molar-refractivity contribution in [2.75, 3.05) is 32.8 Å². The average Bonchev–Trinajstić information content (AvgIpc) is 2.47. The first-order valence-corrected chi connectivity index (χ1v) is 8.33. The van der Waals surface area contributed by atoms with Crippen LogP contribution in [0.25, 0.3) is 0 Å². The summed E-state index contributed by atoms with van der Waals surface area (Å²) in [6, 6.07) is 8.69. The van der Waals surface area contributed by atoms with Crippen LogP contribution < -0.4 is 10.1 Å². The Balaban J connectivity index is 1.82. The molecule has 1 heterocycles. The fourth-order valence-electron chi connectivity index (χ4n) is 2.72. The summed E-state index contributed by atoms with van der Waals surface area (Å²) in [6.45, 7) is 9.69. The highest BCUT2D eigenvalue weighted by Gasteiger charge is 2.25. The summed E-state index contributed by atoms with van der Waals surface area (Å²) < 4.78 is 6.92. The van der Waals surface area contributed by atoms with Crippen LogP contribution >= 0.6 is 15.9 Å². The van der Waals surface area contributed by atoms with Gasteiger partial charge in [-0.1, -0.05) is 42.3 Å². The van der Waals surface area contributed by atoms with Crippen molar-refractivity contribution < 1.29 is 4.74 Å². The summed E-state index contributed by atoms with van der Waals surface area (Å²) >= 11 is 3.47. The van der Waals surface area contributed by atoms with Gasteiger partial charge in [-0.25, -0.2) is 0 Å². The topological polar surface area (TPSA) is 24.5 Å². The Bertz CT molecular complexity index is 413. The van der Waals surface area contributed by atoms with Crippen LogP contribution in [0.1, 0.15) is 20.3 Å². The lowest BCUT2D eigenvalue weighted by Crippen LogP contribution is -2.54. The van der Waals surface area contributed by atoms with Gasteiger partial charge in [0.1, 0.15) is 12.4 Å². The highest BCUT2D eigenvalue weighted by atomic mass is 79.9. The molecular weight excluding hydrogens is 316 g/mol. The Morgan fingerprint density at radius 3 is 3.10 bits per heavy atom. The minimum atomic E-state index is 0.639. The second kappa shape index (κ2) is 8.01. The highest BCUT2D eigenvalue weighted by molar-refractivity contribution is 9.10. The normalized spacial score (nSPS) is 21.6. The Morgan fingerprint density at radius 2 is 2.35 bits per heavy atom. The summed E-state index contributed by atoms with van der Waals surface area (Å²) in [5.41, 5.74) is 0. The molecule has 1 aliphatic rings. The number of nitrogens with one attached hydrogen (secondary N) is 1. The first kappa shape index (κ1) is 15.8. The third-order valence-corrected chi connectivity index (χ3v) is 4.64. The molecule has 0 spiro atoms. The largest absolute Gasteiger partial charge is 0.492 e. The second-order valence-corrected chi connectivity index (χ2v) is 6.41. The lowest BCUT2D eigenvalue weighted by atomic mass is 9.96. The Labute approximate surface area is 130 Å². The van der Waals surface area contributed by atoms with E-state index >= 15 is 0 Å². The number of nitrogens with zero attached hydrogens (tertiary/aromatic N) is 1. The summed E-state index contributed by atoms with van der Waals surface area (Å²) in [5.74, 6) is 1.67. The maximum Gasteiger partial charge on any atom is 0.120 e. The first-order chi connectivity index (χ1) is 9.70. The van der Waals surface area contributed by atoms with Gasteiger partial charge >= 0.3 is 0 Å². The van der Waals surface area contributed by atoms with E-state index in [0.29, 0.717) is 6.04 Å². The number of ether oxygens (including phenoxy) is 1. The molecule has 0 aliphatic carbocycles. The quantitative estimate of drug-likeness (QED) is 0.860. The van der Waals surface area contributed by atoms with Gasteiger partial charge in [-0.3, -0.25) is 4.90 Å². The van der Waals surface area contributed by atoms with Crippen LogP contribution in [-0.4, -0.2) is 43.7 Å². The van der Waals surface area contributed by atoms with Crippen LogP contribution in [0.3, 0.4) is 0 Å². The van der Waals surface area contributed by atoms with Crippen molar-refractivity contribution in [3.05, 3.63) is 28.7 Å². The van der Waals surface area contributed by atoms with Gasteiger partial charge in [0.25, 0.3) is 0 Å². The molecule has 1 fully saturated rings. The fourth-order valence-corrected chi connectivity index (χ4v) is 3.09. The molecule has 1 aliphatic heterocycles. The molecule has 0 amide bonds. The van der Waals surface area contributed by atoms with Crippen molar-refractivity contribution in [2.24, 2.45) is 5.92 Å². The molecule has 4 heteroatoms. The second-order valence-electron chi connectivity index (χ2n) is 5.50. The lowest BCUT2D eigenvalue weighted by Gasteiger charge is -2.39. The van der Waals surface area contributed by atoms with Crippen molar-refractivity contribution in [3.63, 3.8) is 0 Å². The molecular formula is C16H25BrN2O. The molecule has 1 N–H and O–H groups in total. The van der Waals surface area contributed by atoms with Gasteiger partial charge in [-0.15, -0.1) is 0 Å². The zero-order chi connectivity index (χ0) is 14.4. The third-order valence-electron chi connectivity index (χ3n) is 4.14. The van der Waals surface area contributed by atoms with E-state index in [4.69, 9.17) is 4.74 Å². The Hall–Kier alpha value is -0.580. The average molecular weight is 341 g/mol. The number of hydrogen-bond acceptors (Lipinski definition) is 3. The van der Waals surface area contributed by atoms with E-state index in [1.165, 1.54) is 6.42 Å². The summed E-state index contributed by atoms with van der Waals surface area (Å²) in [5, 5.41) is 3.51. The van der Waals surface area contributed by atoms with Gasteiger partial charge in [0.2, 0.25) is 0 Å². The fraction of sp³-hybridized carbons (Fsp3) is 0.625. The van der Waals surface area contributed by atoms with E-state index in [9.17, 15) is 0 Å². The standard InChI is InChI=1S/C16H25BrN2O/c1-3-13(2)16-12-18-7-8-19(16)9-10-20-15-6-4-5-14(17)11-15/h4-6,11,13,16,18H,3,7-10,12H2,1-2H3. The van der Waals surface area contributed by atoms with Crippen molar-refractivity contribution in [1.82, 2.24) is 10.2 Å². The minimum Gasteiger partial charge on any atom is -0.492 e. The molecule has 2 rings (SSSR count). The molecule has 3 nitrogen and oxygen atoms in total. The summed E-state index contributed by atoms with van der Waals surface area (Å²) in [4.78, 5) is 2.57. The molecule has 0 radical (unpaired) electrons. The van der Waals surface area contributed by atoms with Gasteiger partial charge < -0.3 is 10.1 Å². The number of rotatable bonds is 6. The van der Waals surface area contributed by atoms with Crippen LogP contribution in [0.2, 0.25) is 0 Å². The molecule has 1 saturated heterocycles. The smallest absolute Gasteiger partial charge is 0.120 e. The van der Waals surface area contributed by atoms with E-state index < -0.39 is 0 Å². The number of halogens is 1. The van der Waals surface area contributed by atoms with Crippen LogP contribution in [0.15, 0.2) is 28.7 Å². The molecule has 20 heavy (non-hydrogen) atoms. The van der Waals surface area contributed by atoms with Gasteiger partial charge in [-0.05, 0) is 24.1 Å². The molecule has 112 valence electrons. The van der Waals surface area contributed by atoms with E-state index in [2.05, 4.69) is 40.0 Å². The zero-order valence-electron chi connectivity index (χ0n) is 12.4. The molecule has 0 bridgehead atoms. The van der Waals surface area contributed by atoms with Crippen molar-refractivity contribution in [3.8, 4) is 5.75 Å². The lowest BCUT2D eigenvalue weighted by molar-refractivity contribution is 0.0979. The molecule has 0 saturated carbocycles. The highest BCUT2D eigenvalue weighted by Crippen LogP contribution is 2.19.